The summed E-state index contributed by atoms with van der Waals surface area (Å²) >= 11 is 0. The first-order valence-electron chi connectivity index (χ1n) is 6.36. The quantitative estimate of drug-likeness (QED) is 0.697. The van der Waals surface area contributed by atoms with Gasteiger partial charge in [0.2, 0.25) is 5.91 Å². The second kappa shape index (κ2) is 7.12. The molecule has 20 heavy (non-hydrogen) atoms. The molecule has 0 bridgehead atoms. The molecule has 4 N–H and O–H groups in total. The van der Waals surface area contributed by atoms with E-state index in [1.165, 1.54) is 7.11 Å². The fourth-order valence-corrected chi connectivity index (χ4v) is 1.64. The number of anilines is 1. The number of rotatable bonds is 7. The number of carbonyl (C=O) groups excluding carboxylic acids is 1. The highest BCUT2D eigenvalue weighted by atomic mass is 16.5. The van der Waals surface area contributed by atoms with Gasteiger partial charge in [0.05, 0.1) is 13.7 Å². The Bertz CT molecular complexity index is 455. The van der Waals surface area contributed by atoms with Gasteiger partial charge in [0.1, 0.15) is 6.61 Å². The van der Waals surface area contributed by atoms with E-state index in [1.807, 2.05) is 0 Å². The van der Waals surface area contributed by atoms with E-state index in [-0.39, 0.29) is 25.5 Å². The van der Waals surface area contributed by atoms with Crippen LogP contribution in [0.3, 0.4) is 0 Å². The molecule has 1 rings (SSSR count). The second-order valence-electron chi connectivity index (χ2n) is 5.15. The average Bonchev–Trinajstić information content (AvgIpc) is 2.34. The SMILES string of the molecule is COc1ccc(NC(=O)CC(C)(C)N)cc1OCCO. The monoisotopic (exact) mass is 282 g/mol. The van der Waals surface area contributed by atoms with Gasteiger partial charge in [-0.05, 0) is 26.0 Å². The molecule has 0 aliphatic heterocycles. The first-order chi connectivity index (χ1) is 9.35. The molecule has 1 aromatic rings. The molecule has 0 saturated carbocycles. The Hall–Kier alpha value is -1.79. The zero-order chi connectivity index (χ0) is 15.2. The first kappa shape index (κ1) is 16.3. The number of amides is 1. The van der Waals surface area contributed by atoms with Crippen molar-refractivity contribution < 1.29 is 19.4 Å². The van der Waals surface area contributed by atoms with Crippen LogP contribution >= 0.6 is 0 Å². The number of nitrogens with two attached hydrogens (primary N) is 1. The molecule has 0 fully saturated rings. The van der Waals surface area contributed by atoms with Crippen molar-refractivity contribution in [3.05, 3.63) is 18.2 Å². The van der Waals surface area contributed by atoms with Crippen LogP contribution in [0.4, 0.5) is 5.69 Å². The summed E-state index contributed by atoms with van der Waals surface area (Å²) in [5.74, 6) is 0.831. The fraction of sp³-hybridized carbons (Fsp3) is 0.500. The van der Waals surface area contributed by atoms with Crippen LogP contribution in [0.2, 0.25) is 0 Å². The minimum atomic E-state index is -0.563. The van der Waals surface area contributed by atoms with Crippen LogP contribution in [-0.2, 0) is 4.79 Å². The molecule has 0 aliphatic carbocycles. The Morgan fingerprint density at radius 3 is 2.65 bits per heavy atom. The van der Waals surface area contributed by atoms with Gasteiger partial charge < -0.3 is 25.6 Å². The molecule has 6 heteroatoms. The number of hydrogen-bond acceptors (Lipinski definition) is 5. The lowest BCUT2D eigenvalue weighted by molar-refractivity contribution is -0.117. The molecule has 0 spiro atoms. The Labute approximate surface area is 118 Å². The summed E-state index contributed by atoms with van der Waals surface area (Å²) in [7, 11) is 1.52. The number of carbonyl (C=O) groups is 1. The highest BCUT2D eigenvalue weighted by Gasteiger charge is 2.17. The summed E-state index contributed by atoms with van der Waals surface area (Å²) in [6.45, 7) is 3.64. The normalized spacial score (nSPS) is 11.1. The predicted octanol–water partition coefficient (Wildman–Crippen LogP) is 1.13. The molecule has 0 atom stereocenters. The molecule has 0 radical (unpaired) electrons. The lowest BCUT2D eigenvalue weighted by Gasteiger charge is -2.18. The average molecular weight is 282 g/mol. The van der Waals surface area contributed by atoms with Crippen LogP contribution in [0.5, 0.6) is 11.5 Å². The summed E-state index contributed by atoms with van der Waals surface area (Å²) in [5.41, 5.74) is 5.83. The summed E-state index contributed by atoms with van der Waals surface area (Å²) < 4.78 is 10.5. The van der Waals surface area contributed by atoms with Crippen molar-refractivity contribution in [2.75, 3.05) is 25.6 Å². The van der Waals surface area contributed by atoms with Crippen LogP contribution in [0.25, 0.3) is 0 Å². The van der Waals surface area contributed by atoms with Crippen molar-refractivity contribution in [2.24, 2.45) is 5.73 Å². The van der Waals surface area contributed by atoms with Crippen LogP contribution in [0, 0.1) is 0 Å². The largest absolute Gasteiger partial charge is 0.493 e. The van der Waals surface area contributed by atoms with Crippen LogP contribution in [0.15, 0.2) is 18.2 Å². The van der Waals surface area contributed by atoms with Gasteiger partial charge in [-0.25, -0.2) is 0 Å². The van der Waals surface area contributed by atoms with Crippen LogP contribution in [-0.4, -0.2) is 36.9 Å². The third kappa shape index (κ3) is 5.46. The maximum Gasteiger partial charge on any atom is 0.226 e. The van der Waals surface area contributed by atoms with E-state index in [0.717, 1.165) is 0 Å². The van der Waals surface area contributed by atoms with E-state index in [0.29, 0.717) is 17.2 Å². The minimum absolute atomic E-state index is 0.0961. The molecule has 0 aromatic heterocycles. The molecule has 0 saturated heterocycles. The van der Waals surface area contributed by atoms with E-state index >= 15 is 0 Å². The number of ether oxygens (including phenoxy) is 2. The van der Waals surface area contributed by atoms with E-state index in [2.05, 4.69) is 5.32 Å². The van der Waals surface area contributed by atoms with Crippen molar-refractivity contribution in [3.8, 4) is 11.5 Å². The van der Waals surface area contributed by atoms with Gasteiger partial charge in [-0.15, -0.1) is 0 Å². The Morgan fingerprint density at radius 2 is 2.10 bits per heavy atom. The van der Waals surface area contributed by atoms with Gasteiger partial charge in [0.15, 0.2) is 11.5 Å². The van der Waals surface area contributed by atoms with Crippen molar-refractivity contribution in [1.29, 1.82) is 0 Å². The number of nitrogens with one attached hydrogen (secondary N) is 1. The van der Waals surface area contributed by atoms with Crippen molar-refractivity contribution >= 4 is 11.6 Å². The molecule has 0 unspecified atom stereocenters. The van der Waals surface area contributed by atoms with E-state index in [9.17, 15) is 4.79 Å². The number of methoxy groups -OCH3 is 1. The number of aliphatic hydroxyl groups is 1. The molecule has 0 aliphatic rings. The second-order valence-corrected chi connectivity index (χ2v) is 5.15. The maximum absolute atomic E-state index is 11.8. The lowest BCUT2D eigenvalue weighted by Crippen LogP contribution is -2.36. The third-order valence-corrected chi connectivity index (χ3v) is 2.41. The third-order valence-electron chi connectivity index (χ3n) is 2.41. The molecule has 1 aromatic carbocycles. The molecular weight excluding hydrogens is 260 g/mol. The number of aliphatic hydroxyl groups excluding tert-OH is 1. The smallest absolute Gasteiger partial charge is 0.226 e. The minimum Gasteiger partial charge on any atom is -0.493 e. The summed E-state index contributed by atoms with van der Waals surface area (Å²) in [6.07, 6.45) is 0.214. The van der Waals surface area contributed by atoms with Gasteiger partial charge in [-0.2, -0.15) is 0 Å². The summed E-state index contributed by atoms with van der Waals surface area (Å²) in [5, 5.41) is 11.5. The number of benzene rings is 1. The standard InChI is InChI=1S/C14H22N2O4/c1-14(2,15)9-13(18)16-10-4-5-11(19-3)12(8-10)20-7-6-17/h4-5,8,17H,6-7,9,15H2,1-3H3,(H,16,18). The maximum atomic E-state index is 11.8. The van der Waals surface area contributed by atoms with Gasteiger partial charge in [-0.3, -0.25) is 4.79 Å². The first-order valence-corrected chi connectivity index (χ1v) is 6.36. The van der Waals surface area contributed by atoms with Gasteiger partial charge in [0, 0.05) is 23.7 Å². The van der Waals surface area contributed by atoms with Crippen LogP contribution < -0.4 is 20.5 Å². The van der Waals surface area contributed by atoms with Crippen LogP contribution in [0.1, 0.15) is 20.3 Å². The van der Waals surface area contributed by atoms with Crippen molar-refractivity contribution in [2.45, 2.75) is 25.8 Å². The Morgan fingerprint density at radius 1 is 1.40 bits per heavy atom. The van der Waals surface area contributed by atoms with Crippen molar-refractivity contribution in [1.82, 2.24) is 0 Å². The van der Waals surface area contributed by atoms with E-state index in [1.54, 1.807) is 32.0 Å². The molecule has 6 nitrogen and oxygen atoms in total. The topological polar surface area (TPSA) is 93.8 Å². The van der Waals surface area contributed by atoms with Gasteiger partial charge in [0.25, 0.3) is 0 Å². The highest BCUT2D eigenvalue weighted by Crippen LogP contribution is 2.30. The predicted molar refractivity (Wildman–Crippen MR) is 77.1 cm³/mol. The molecular formula is C14H22N2O4. The van der Waals surface area contributed by atoms with Gasteiger partial charge in [-0.1, -0.05) is 0 Å². The summed E-state index contributed by atoms with van der Waals surface area (Å²) in [6, 6.07) is 5.05. The van der Waals surface area contributed by atoms with Crippen molar-refractivity contribution in [3.63, 3.8) is 0 Å². The molecule has 1 amide bonds. The number of hydrogen-bond donors (Lipinski definition) is 3. The summed E-state index contributed by atoms with van der Waals surface area (Å²) in [4.78, 5) is 11.8. The Balaban J connectivity index is 2.78. The zero-order valence-corrected chi connectivity index (χ0v) is 12.1. The fourth-order valence-electron chi connectivity index (χ4n) is 1.64. The lowest BCUT2D eigenvalue weighted by atomic mass is 10.0. The van der Waals surface area contributed by atoms with E-state index < -0.39 is 5.54 Å². The van der Waals surface area contributed by atoms with E-state index in [4.69, 9.17) is 20.3 Å². The molecule has 0 heterocycles. The zero-order valence-electron chi connectivity index (χ0n) is 12.1. The molecule has 112 valence electrons. The highest BCUT2D eigenvalue weighted by molar-refractivity contribution is 5.91. The van der Waals surface area contributed by atoms with Gasteiger partial charge >= 0.3 is 0 Å². The Kier molecular flexibility index (Phi) is 5.79.